The Labute approximate surface area is 201 Å². The van der Waals surface area contributed by atoms with Gasteiger partial charge in [0.2, 0.25) is 17.7 Å². The number of amides is 1. The van der Waals surface area contributed by atoms with E-state index in [1.807, 2.05) is 26.0 Å². The number of halogens is 3. The second-order valence-electron chi connectivity index (χ2n) is 8.00. The molecule has 1 aromatic heterocycles. The number of alkyl halides is 3. The van der Waals surface area contributed by atoms with E-state index in [1.54, 1.807) is 36.5 Å². The lowest BCUT2D eigenvalue weighted by Crippen LogP contribution is -2.29. The second-order valence-corrected chi connectivity index (χ2v) is 8.00. The maximum atomic E-state index is 12.8. The summed E-state index contributed by atoms with van der Waals surface area (Å²) < 4.78 is 44.4. The largest absolute Gasteiger partial charge is 0.439 e. The van der Waals surface area contributed by atoms with Crippen molar-refractivity contribution in [2.45, 2.75) is 6.18 Å². The number of carbonyl (C=O) groups is 1. The molecule has 1 N–H and O–H groups in total. The van der Waals surface area contributed by atoms with Crippen molar-refractivity contribution in [3.63, 3.8) is 0 Å². The maximum Gasteiger partial charge on any atom is 0.416 e. The quantitative estimate of drug-likeness (QED) is 0.433. The number of ether oxygens (including phenoxy) is 1. The van der Waals surface area contributed by atoms with Gasteiger partial charge in [0.25, 0.3) is 0 Å². The summed E-state index contributed by atoms with van der Waals surface area (Å²) in [6, 6.07) is 13.1. The lowest BCUT2D eigenvalue weighted by atomic mass is 10.2. The van der Waals surface area contributed by atoms with Crippen molar-refractivity contribution in [3.8, 4) is 11.6 Å². The average molecular weight is 486 g/mol. The molecule has 1 heterocycles. The summed E-state index contributed by atoms with van der Waals surface area (Å²) >= 11 is 0. The third kappa shape index (κ3) is 8.11. The van der Waals surface area contributed by atoms with Crippen LogP contribution in [0.5, 0.6) is 11.6 Å². The molecule has 184 valence electrons. The zero-order valence-electron chi connectivity index (χ0n) is 19.6. The van der Waals surface area contributed by atoms with Crippen LogP contribution >= 0.6 is 0 Å². The average Bonchev–Trinajstić information content (AvgIpc) is 2.81. The van der Waals surface area contributed by atoms with Gasteiger partial charge in [0, 0.05) is 44.2 Å². The molecule has 10 heteroatoms. The molecule has 0 fully saturated rings. The van der Waals surface area contributed by atoms with Crippen LogP contribution in [0.1, 0.15) is 11.1 Å². The monoisotopic (exact) mass is 485 g/mol. The van der Waals surface area contributed by atoms with Gasteiger partial charge in [-0.3, -0.25) is 4.79 Å². The number of benzene rings is 2. The predicted molar refractivity (Wildman–Crippen MR) is 129 cm³/mol. The van der Waals surface area contributed by atoms with Gasteiger partial charge in [-0.1, -0.05) is 18.2 Å². The third-order valence-corrected chi connectivity index (χ3v) is 4.81. The van der Waals surface area contributed by atoms with E-state index in [0.717, 1.165) is 25.2 Å². The summed E-state index contributed by atoms with van der Waals surface area (Å²) in [7, 11) is 5.88. The smallest absolute Gasteiger partial charge is 0.416 e. The molecule has 0 radical (unpaired) electrons. The fourth-order valence-corrected chi connectivity index (χ4v) is 2.95. The molecule has 35 heavy (non-hydrogen) atoms. The van der Waals surface area contributed by atoms with Crippen molar-refractivity contribution in [1.29, 1.82) is 0 Å². The lowest BCUT2D eigenvalue weighted by Gasteiger charge is -2.19. The summed E-state index contributed by atoms with van der Waals surface area (Å²) in [4.78, 5) is 24.9. The van der Waals surface area contributed by atoms with E-state index >= 15 is 0 Å². The van der Waals surface area contributed by atoms with Crippen molar-refractivity contribution in [2.75, 3.05) is 44.4 Å². The highest BCUT2D eigenvalue weighted by molar-refractivity contribution is 6.02. The molecule has 0 aliphatic rings. The van der Waals surface area contributed by atoms with E-state index in [0.29, 0.717) is 23.1 Å². The Morgan fingerprint density at radius 1 is 1.06 bits per heavy atom. The number of hydrogen-bond acceptors (Lipinski definition) is 6. The molecule has 0 aliphatic carbocycles. The number of nitrogens with zero attached hydrogens (tertiary/aromatic N) is 4. The van der Waals surface area contributed by atoms with Crippen molar-refractivity contribution < 1.29 is 22.7 Å². The van der Waals surface area contributed by atoms with Crippen LogP contribution in [0.2, 0.25) is 0 Å². The summed E-state index contributed by atoms with van der Waals surface area (Å²) in [5, 5.41) is 2.43. The number of aromatic nitrogens is 2. The minimum atomic E-state index is -4.48. The van der Waals surface area contributed by atoms with Crippen molar-refractivity contribution in [3.05, 3.63) is 78.0 Å². The zero-order chi connectivity index (χ0) is 25.4. The normalized spacial score (nSPS) is 11.6. The Morgan fingerprint density at radius 3 is 2.57 bits per heavy atom. The van der Waals surface area contributed by atoms with Crippen LogP contribution in [0.15, 0.2) is 66.9 Å². The van der Waals surface area contributed by atoms with Crippen LogP contribution in [0, 0.1) is 0 Å². The Hall–Kier alpha value is -3.92. The van der Waals surface area contributed by atoms with E-state index in [1.165, 1.54) is 24.3 Å². The van der Waals surface area contributed by atoms with Gasteiger partial charge in [-0.2, -0.15) is 18.2 Å². The van der Waals surface area contributed by atoms with E-state index in [2.05, 4.69) is 20.2 Å². The maximum absolute atomic E-state index is 12.8. The van der Waals surface area contributed by atoms with Gasteiger partial charge in [-0.15, -0.1) is 0 Å². The standard InChI is InChI=1S/C25H26F3N5O2/c1-32(2)14-15-33(3)24-29-13-12-23(31-24)35-21-9-4-6-18(16-21)10-11-22(34)30-20-8-5-7-19(17-20)25(26,27)28/h4-13,16-17H,14-15H2,1-3H3,(H,30,34)/b11-10+. The van der Waals surface area contributed by atoms with Gasteiger partial charge in [0.1, 0.15) is 5.75 Å². The summed E-state index contributed by atoms with van der Waals surface area (Å²) in [5.41, 5.74) is -0.110. The minimum absolute atomic E-state index is 0.0571. The van der Waals surface area contributed by atoms with Gasteiger partial charge in [-0.25, -0.2) is 4.98 Å². The molecule has 1 amide bonds. The second kappa shape index (κ2) is 11.5. The first kappa shape index (κ1) is 25.7. The molecule has 0 atom stereocenters. The first-order chi connectivity index (χ1) is 16.6. The van der Waals surface area contributed by atoms with Crippen LogP contribution in [0.25, 0.3) is 6.08 Å². The number of hydrogen-bond donors (Lipinski definition) is 1. The lowest BCUT2D eigenvalue weighted by molar-refractivity contribution is -0.137. The Bertz CT molecular complexity index is 1180. The van der Waals surface area contributed by atoms with Gasteiger partial charge >= 0.3 is 6.18 Å². The van der Waals surface area contributed by atoms with Crippen LogP contribution in [0.4, 0.5) is 24.8 Å². The molecule has 0 saturated heterocycles. The topological polar surface area (TPSA) is 70.6 Å². The first-order valence-electron chi connectivity index (χ1n) is 10.7. The first-order valence-corrected chi connectivity index (χ1v) is 10.7. The van der Waals surface area contributed by atoms with Crippen LogP contribution in [0.3, 0.4) is 0 Å². The van der Waals surface area contributed by atoms with E-state index in [-0.39, 0.29) is 5.69 Å². The molecule has 3 aromatic rings. The SMILES string of the molecule is CN(C)CCN(C)c1nccc(Oc2cccc(/C=C/C(=O)Nc3cccc(C(F)(F)F)c3)c2)n1. The van der Waals surface area contributed by atoms with Gasteiger partial charge in [-0.05, 0) is 56.1 Å². The fourth-order valence-electron chi connectivity index (χ4n) is 2.95. The summed E-state index contributed by atoms with van der Waals surface area (Å²) in [6.07, 6.45) is -0.0904. The van der Waals surface area contributed by atoms with Crippen LogP contribution < -0.4 is 15.0 Å². The van der Waals surface area contributed by atoms with Crippen LogP contribution in [-0.2, 0) is 11.0 Å². The highest BCUT2D eigenvalue weighted by atomic mass is 19.4. The number of rotatable bonds is 9. The highest BCUT2D eigenvalue weighted by Crippen LogP contribution is 2.30. The van der Waals surface area contributed by atoms with Gasteiger partial charge in [0.05, 0.1) is 5.56 Å². The number of carbonyl (C=O) groups excluding carboxylic acids is 1. The summed E-state index contributed by atoms with van der Waals surface area (Å²) in [6.45, 7) is 1.60. The number of anilines is 2. The molecule has 7 nitrogen and oxygen atoms in total. The Morgan fingerprint density at radius 2 is 1.83 bits per heavy atom. The molecule has 0 saturated carbocycles. The van der Waals surface area contributed by atoms with Crippen molar-refractivity contribution >= 4 is 23.6 Å². The van der Waals surface area contributed by atoms with Gasteiger partial charge < -0.3 is 19.9 Å². The third-order valence-electron chi connectivity index (χ3n) is 4.81. The molecule has 2 aromatic carbocycles. The number of nitrogens with one attached hydrogen (secondary N) is 1. The molecule has 0 bridgehead atoms. The molecular formula is C25H26F3N5O2. The molecule has 0 spiro atoms. The summed E-state index contributed by atoms with van der Waals surface area (Å²) in [5.74, 6) is 0.852. The molecule has 0 aliphatic heterocycles. The van der Waals surface area contributed by atoms with E-state index in [4.69, 9.17) is 4.74 Å². The minimum Gasteiger partial charge on any atom is -0.439 e. The van der Waals surface area contributed by atoms with E-state index < -0.39 is 17.6 Å². The number of likely N-dealkylation sites (N-methyl/N-ethyl adjacent to an activating group) is 2. The van der Waals surface area contributed by atoms with Gasteiger partial charge in [0.15, 0.2) is 0 Å². The molecular weight excluding hydrogens is 459 g/mol. The molecule has 3 rings (SSSR count). The Balaban J connectivity index is 1.63. The van der Waals surface area contributed by atoms with Crippen molar-refractivity contribution in [2.24, 2.45) is 0 Å². The molecule has 0 unspecified atom stereocenters. The highest BCUT2D eigenvalue weighted by Gasteiger charge is 2.30. The van der Waals surface area contributed by atoms with Crippen molar-refractivity contribution in [1.82, 2.24) is 14.9 Å². The van der Waals surface area contributed by atoms with E-state index in [9.17, 15) is 18.0 Å². The zero-order valence-corrected chi connectivity index (χ0v) is 19.6. The predicted octanol–water partition coefficient (Wildman–Crippen LogP) is 4.94. The van der Waals surface area contributed by atoms with Crippen LogP contribution in [-0.4, -0.2) is 55.0 Å². The fraction of sp³-hybridized carbons (Fsp3) is 0.240. The Kier molecular flexibility index (Phi) is 8.43.